The molecule has 0 heterocycles. The number of hydrogen-bond donors (Lipinski definition) is 3. The number of nitrogens with two attached hydrogens (primary N) is 1. The second-order valence-corrected chi connectivity index (χ2v) is 3.14. The molecule has 0 aliphatic rings. The Bertz CT molecular complexity index is 191. The smallest absolute Gasteiger partial charge is 0.323 e. The Morgan fingerprint density at radius 2 is 2.15 bits per heavy atom. The maximum Gasteiger partial charge on any atom is 0.323 e. The predicted octanol–water partition coefficient (Wildman–Crippen LogP) is 0.362. The maximum atomic E-state index is 10.4. The average molecular weight is 187 g/mol. The van der Waals surface area contributed by atoms with Crippen LogP contribution in [0.15, 0.2) is 12.2 Å². The zero-order valence-electron chi connectivity index (χ0n) is 7.97. The van der Waals surface area contributed by atoms with Gasteiger partial charge in [0.15, 0.2) is 0 Å². The van der Waals surface area contributed by atoms with Crippen molar-refractivity contribution in [2.24, 2.45) is 11.7 Å². The van der Waals surface area contributed by atoms with Gasteiger partial charge in [0.2, 0.25) is 0 Å². The molecule has 0 spiro atoms. The minimum Gasteiger partial charge on any atom is -0.480 e. The lowest BCUT2D eigenvalue weighted by molar-refractivity contribution is -0.142. The number of rotatable bonds is 5. The lowest BCUT2D eigenvalue weighted by atomic mass is 9.95. The van der Waals surface area contributed by atoms with Gasteiger partial charge in [-0.05, 0) is 19.3 Å². The highest BCUT2D eigenvalue weighted by molar-refractivity contribution is 5.73. The van der Waals surface area contributed by atoms with Gasteiger partial charge in [-0.3, -0.25) is 4.79 Å². The van der Waals surface area contributed by atoms with Gasteiger partial charge in [-0.2, -0.15) is 0 Å². The highest BCUT2D eigenvalue weighted by atomic mass is 16.4. The third kappa shape index (κ3) is 4.05. The molecular formula is C9H17NO3. The summed E-state index contributed by atoms with van der Waals surface area (Å²) in [5.41, 5.74) is 5.26. The predicted molar refractivity (Wildman–Crippen MR) is 50.2 cm³/mol. The van der Waals surface area contributed by atoms with Crippen LogP contribution in [0.4, 0.5) is 0 Å². The van der Waals surface area contributed by atoms with Crippen LogP contribution in [-0.2, 0) is 4.79 Å². The van der Waals surface area contributed by atoms with Crippen LogP contribution in [0.25, 0.3) is 0 Å². The van der Waals surface area contributed by atoms with Crippen molar-refractivity contribution in [1.82, 2.24) is 0 Å². The molecule has 0 fully saturated rings. The molecule has 0 aliphatic carbocycles. The molecule has 0 bridgehead atoms. The molecule has 4 heteroatoms. The van der Waals surface area contributed by atoms with Crippen LogP contribution in [0.5, 0.6) is 0 Å². The van der Waals surface area contributed by atoms with Gasteiger partial charge in [-0.1, -0.05) is 19.1 Å². The van der Waals surface area contributed by atoms with Gasteiger partial charge in [0.25, 0.3) is 0 Å². The van der Waals surface area contributed by atoms with Crippen molar-refractivity contribution in [1.29, 1.82) is 0 Å². The average Bonchev–Trinajstić information content (AvgIpc) is 2.11. The number of carbonyl (C=O) groups is 1. The van der Waals surface area contributed by atoms with Gasteiger partial charge in [0.05, 0.1) is 6.10 Å². The standard InChI is InChI=1S/C9H17NO3/c1-3-4-5-6(2)8(11)7(10)9(12)13/h3-4,6-8,11H,5,10H2,1-2H3,(H,12,13)/b4-3+/t6-,7+,8-/m0/s1. The monoisotopic (exact) mass is 187 g/mol. The zero-order valence-corrected chi connectivity index (χ0v) is 7.97. The number of aliphatic hydroxyl groups is 1. The Hall–Kier alpha value is -0.870. The topological polar surface area (TPSA) is 83.5 Å². The van der Waals surface area contributed by atoms with E-state index >= 15 is 0 Å². The van der Waals surface area contributed by atoms with Crippen molar-refractivity contribution in [2.75, 3.05) is 0 Å². The molecule has 76 valence electrons. The number of carboxylic acids is 1. The molecule has 0 saturated carbocycles. The summed E-state index contributed by atoms with van der Waals surface area (Å²) in [6.07, 6.45) is 3.38. The number of aliphatic hydroxyl groups excluding tert-OH is 1. The lowest BCUT2D eigenvalue weighted by Gasteiger charge is -2.20. The van der Waals surface area contributed by atoms with E-state index in [1.165, 1.54) is 0 Å². The molecule has 0 radical (unpaired) electrons. The van der Waals surface area contributed by atoms with E-state index in [0.29, 0.717) is 6.42 Å². The molecular weight excluding hydrogens is 170 g/mol. The van der Waals surface area contributed by atoms with E-state index in [1.54, 1.807) is 6.92 Å². The van der Waals surface area contributed by atoms with Crippen LogP contribution in [0.2, 0.25) is 0 Å². The van der Waals surface area contributed by atoms with E-state index in [4.69, 9.17) is 10.8 Å². The van der Waals surface area contributed by atoms with E-state index < -0.39 is 18.1 Å². The quantitative estimate of drug-likeness (QED) is 0.543. The van der Waals surface area contributed by atoms with E-state index in [9.17, 15) is 9.90 Å². The highest BCUT2D eigenvalue weighted by Gasteiger charge is 2.26. The fraction of sp³-hybridized carbons (Fsp3) is 0.667. The Labute approximate surface area is 78.1 Å². The van der Waals surface area contributed by atoms with Gasteiger partial charge in [-0.25, -0.2) is 0 Å². The summed E-state index contributed by atoms with van der Waals surface area (Å²) >= 11 is 0. The van der Waals surface area contributed by atoms with Crippen molar-refractivity contribution >= 4 is 5.97 Å². The lowest BCUT2D eigenvalue weighted by Crippen LogP contribution is -2.45. The first kappa shape index (κ1) is 12.1. The largest absolute Gasteiger partial charge is 0.480 e. The van der Waals surface area contributed by atoms with Gasteiger partial charge >= 0.3 is 5.97 Å². The summed E-state index contributed by atoms with van der Waals surface area (Å²) in [7, 11) is 0. The van der Waals surface area contributed by atoms with Crippen LogP contribution in [-0.4, -0.2) is 28.3 Å². The number of carboxylic acid groups (broad SMARTS) is 1. The molecule has 4 nitrogen and oxygen atoms in total. The molecule has 0 aromatic carbocycles. The highest BCUT2D eigenvalue weighted by Crippen LogP contribution is 2.11. The van der Waals surface area contributed by atoms with Crippen molar-refractivity contribution in [3.63, 3.8) is 0 Å². The Kier molecular flexibility index (Phi) is 5.34. The molecule has 13 heavy (non-hydrogen) atoms. The normalized spacial score (nSPS) is 18.5. The number of hydrogen-bond acceptors (Lipinski definition) is 3. The van der Waals surface area contributed by atoms with E-state index in [-0.39, 0.29) is 5.92 Å². The summed E-state index contributed by atoms with van der Waals surface area (Å²) in [5, 5.41) is 18.0. The van der Waals surface area contributed by atoms with E-state index in [2.05, 4.69) is 0 Å². The van der Waals surface area contributed by atoms with Crippen LogP contribution >= 0.6 is 0 Å². The van der Waals surface area contributed by atoms with Crippen molar-refractivity contribution in [3.8, 4) is 0 Å². The number of allylic oxidation sites excluding steroid dienone is 2. The number of aliphatic carboxylic acids is 1. The molecule has 0 rings (SSSR count). The summed E-state index contributed by atoms with van der Waals surface area (Å²) < 4.78 is 0. The summed E-state index contributed by atoms with van der Waals surface area (Å²) in [5.74, 6) is -1.30. The third-order valence-corrected chi connectivity index (χ3v) is 1.98. The minimum absolute atomic E-state index is 0.137. The van der Waals surface area contributed by atoms with Gasteiger partial charge in [0, 0.05) is 0 Å². The van der Waals surface area contributed by atoms with Crippen LogP contribution < -0.4 is 5.73 Å². The Morgan fingerprint density at radius 3 is 2.54 bits per heavy atom. The summed E-state index contributed by atoms with van der Waals surface area (Å²) in [4.78, 5) is 10.4. The second-order valence-electron chi connectivity index (χ2n) is 3.14. The summed E-state index contributed by atoms with van der Waals surface area (Å²) in [6, 6.07) is -1.19. The van der Waals surface area contributed by atoms with Crippen LogP contribution in [0, 0.1) is 5.92 Å². The second kappa shape index (κ2) is 5.72. The molecule has 0 aliphatic heterocycles. The molecule has 3 atom stereocenters. The Morgan fingerprint density at radius 1 is 1.62 bits per heavy atom. The molecule has 0 aromatic rings. The van der Waals surface area contributed by atoms with Gasteiger partial charge in [0.1, 0.15) is 6.04 Å². The Balaban J connectivity index is 4.08. The minimum atomic E-state index is -1.19. The molecule has 4 N–H and O–H groups in total. The fourth-order valence-corrected chi connectivity index (χ4v) is 0.990. The van der Waals surface area contributed by atoms with Crippen molar-refractivity contribution in [2.45, 2.75) is 32.4 Å². The first-order chi connectivity index (χ1) is 6.00. The van der Waals surface area contributed by atoms with Crippen molar-refractivity contribution in [3.05, 3.63) is 12.2 Å². The molecule has 0 amide bonds. The van der Waals surface area contributed by atoms with E-state index in [1.807, 2.05) is 19.1 Å². The zero-order chi connectivity index (χ0) is 10.4. The van der Waals surface area contributed by atoms with Gasteiger partial charge < -0.3 is 15.9 Å². The van der Waals surface area contributed by atoms with Crippen LogP contribution in [0.3, 0.4) is 0 Å². The van der Waals surface area contributed by atoms with Crippen molar-refractivity contribution < 1.29 is 15.0 Å². The fourth-order valence-electron chi connectivity index (χ4n) is 0.990. The van der Waals surface area contributed by atoms with Crippen LogP contribution in [0.1, 0.15) is 20.3 Å². The maximum absolute atomic E-state index is 10.4. The first-order valence-electron chi connectivity index (χ1n) is 4.28. The SMILES string of the molecule is C/C=C/C[C@H](C)[C@H](O)[C@@H](N)C(=O)O. The molecule has 0 saturated heterocycles. The molecule has 0 aromatic heterocycles. The van der Waals surface area contributed by atoms with Gasteiger partial charge in [-0.15, -0.1) is 0 Å². The molecule has 0 unspecified atom stereocenters. The third-order valence-electron chi connectivity index (χ3n) is 1.98. The summed E-state index contributed by atoms with van der Waals surface area (Å²) in [6.45, 7) is 3.64. The first-order valence-corrected chi connectivity index (χ1v) is 4.28. The van der Waals surface area contributed by atoms with E-state index in [0.717, 1.165) is 0 Å².